The van der Waals surface area contributed by atoms with E-state index in [4.69, 9.17) is 4.74 Å². The smallest absolute Gasteiger partial charge is 0.410 e. The third-order valence-corrected chi connectivity index (χ3v) is 3.72. The van der Waals surface area contributed by atoms with Crippen LogP contribution in [-0.4, -0.2) is 29.7 Å². The van der Waals surface area contributed by atoms with Gasteiger partial charge in [0.25, 0.3) is 0 Å². The van der Waals surface area contributed by atoms with Crippen molar-refractivity contribution in [3.8, 4) is 0 Å². The van der Waals surface area contributed by atoms with E-state index in [9.17, 15) is 4.79 Å². The minimum absolute atomic E-state index is 0.0758. The van der Waals surface area contributed by atoms with Gasteiger partial charge in [0.1, 0.15) is 0 Å². The van der Waals surface area contributed by atoms with Crippen LogP contribution >= 0.6 is 0 Å². The van der Waals surface area contributed by atoms with Crippen molar-refractivity contribution in [3.63, 3.8) is 0 Å². The Morgan fingerprint density at radius 3 is 2.38 bits per heavy atom. The number of fused-ring (bicyclic) bond motifs is 2. The zero-order valence-corrected chi connectivity index (χ0v) is 10.6. The monoisotopic (exact) mass is 225 g/mol. The molecule has 0 N–H and O–H groups in total. The second-order valence-corrected chi connectivity index (χ2v) is 5.84. The fraction of sp³-hybridized carbons (Fsp3) is 0.923. The van der Waals surface area contributed by atoms with Crippen LogP contribution in [0.1, 0.15) is 46.5 Å². The van der Waals surface area contributed by atoms with Crippen LogP contribution in [-0.2, 0) is 4.74 Å². The number of carbonyl (C=O) groups excluding carboxylic acids is 1. The second-order valence-electron chi connectivity index (χ2n) is 5.84. The van der Waals surface area contributed by atoms with Gasteiger partial charge in [0.05, 0.1) is 6.61 Å². The van der Waals surface area contributed by atoms with Crippen molar-refractivity contribution < 1.29 is 9.53 Å². The average Bonchev–Trinajstić information content (AvgIpc) is 2.48. The fourth-order valence-corrected chi connectivity index (χ4v) is 3.06. The number of piperidine rings is 1. The van der Waals surface area contributed by atoms with Crippen molar-refractivity contribution >= 4 is 6.09 Å². The molecule has 0 aromatic heterocycles. The van der Waals surface area contributed by atoms with Gasteiger partial charge >= 0.3 is 6.09 Å². The Morgan fingerprint density at radius 1 is 1.31 bits per heavy atom. The van der Waals surface area contributed by atoms with E-state index < -0.39 is 0 Å². The molecule has 2 heterocycles. The van der Waals surface area contributed by atoms with Gasteiger partial charge < -0.3 is 9.64 Å². The molecule has 0 radical (unpaired) electrons. The molecular formula is C13H23NO2. The van der Waals surface area contributed by atoms with Crippen molar-refractivity contribution in [1.82, 2.24) is 4.90 Å². The topological polar surface area (TPSA) is 29.5 Å². The van der Waals surface area contributed by atoms with Crippen molar-refractivity contribution in [1.29, 1.82) is 0 Å². The van der Waals surface area contributed by atoms with Gasteiger partial charge in [-0.1, -0.05) is 20.8 Å². The fourth-order valence-electron chi connectivity index (χ4n) is 3.06. The highest BCUT2D eigenvalue weighted by Crippen LogP contribution is 2.38. The molecule has 16 heavy (non-hydrogen) atoms. The second kappa shape index (κ2) is 4.64. The number of ether oxygens (including phenoxy) is 1. The maximum absolute atomic E-state index is 12.0. The molecule has 3 nitrogen and oxygen atoms in total. The Labute approximate surface area is 98.1 Å². The molecule has 0 aromatic rings. The minimum Gasteiger partial charge on any atom is -0.449 e. The maximum Gasteiger partial charge on any atom is 0.410 e. The lowest BCUT2D eigenvalue weighted by atomic mass is 9.93. The molecule has 2 aliphatic heterocycles. The zero-order chi connectivity index (χ0) is 11.7. The van der Waals surface area contributed by atoms with E-state index in [2.05, 4.69) is 20.8 Å². The maximum atomic E-state index is 12.0. The van der Waals surface area contributed by atoms with E-state index in [-0.39, 0.29) is 6.09 Å². The lowest BCUT2D eigenvalue weighted by molar-refractivity contribution is 0.0532. The van der Waals surface area contributed by atoms with Crippen LogP contribution in [0, 0.1) is 11.8 Å². The summed E-state index contributed by atoms with van der Waals surface area (Å²) in [7, 11) is 0. The summed E-state index contributed by atoms with van der Waals surface area (Å²) >= 11 is 0. The molecule has 2 fully saturated rings. The first kappa shape index (κ1) is 11.7. The number of rotatable bonds is 2. The zero-order valence-electron chi connectivity index (χ0n) is 10.6. The summed E-state index contributed by atoms with van der Waals surface area (Å²) in [6.07, 6.45) is 4.59. The van der Waals surface area contributed by atoms with Crippen LogP contribution in [0.15, 0.2) is 0 Å². The predicted molar refractivity (Wildman–Crippen MR) is 63.2 cm³/mol. The molecule has 0 aromatic carbocycles. The van der Waals surface area contributed by atoms with Gasteiger partial charge in [0.15, 0.2) is 0 Å². The Kier molecular flexibility index (Phi) is 3.41. The van der Waals surface area contributed by atoms with E-state index in [0.29, 0.717) is 24.6 Å². The molecule has 2 aliphatic rings. The highest BCUT2D eigenvalue weighted by molar-refractivity contribution is 5.69. The molecule has 2 rings (SSSR count). The van der Waals surface area contributed by atoms with Crippen LogP contribution in [0.25, 0.3) is 0 Å². The van der Waals surface area contributed by atoms with Gasteiger partial charge in [0.2, 0.25) is 0 Å². The molecule has 0 spiro atoms. The predicted octanol–water partition coefficient (Wildman–Crippen LogP) is 3.04. The summed E-state index contributed by atoms with van der Waals surface area (Å²) in [6, 6.07) is 0.904. The Hall–Kier alpha value is -0.730. The molecule has 2 bridgehead atoms. The standard InChI is InChI=1S/C13H23NO2/c1-9(2)8-16-13(15)14-11-4-5-12(14)7-10(3)6-11/h9-12H,4-8H2,1-3H3. The summed E-state index contributed by atoms with van der Waals surface area (Å²) in [5.41, 5.74) is 0. The summed E-state index contributed by atoms with van der Waals surface area (Å²) in [6.45, 7) is 6.98. The van der Waals surface area contributed by atoms with Crippen LogP contribution < -0.4 is 0 Å². The van der Waals surface area contributed by atoms with Crippen molar-refractivity contribution in [2.24, 2.45) is 11.8 Å². The van der Waals surface area contributed by atoms with Gasteiger partial charge in [0, 0.05) is 12.1 Å². The summed E-state index contributed by atoms with van der Waals surface area (Å²) < 4.78 is 5.35. The highest BCUT2D eigenvalue weighted by Gasteiger charge is 2.42. The number of amides is 1. The van der Waals surface area contributed by atoms with Gasteiger partial charge in [-0.25, -0.2) is 4.79 Å². The van der Waals surface area contributed by atoms with Gasteiger partial charge in [-0.2, -0.15) is 0 Å². The number of nitrogens with zero attached hydrogens (tertiary/aromatic N) is 1. The summed E-state index contributed by atoms with van der Waals surface area (Å²) in [4.78, 5) is 14.0. The molecule has 1 amide bonds. The van der Waals surface area contributed by atoms with Gasteiger partial charge in [-0.3, -0.25) is 0 Å². The van der Waals surface area contributed by atoms with E-state index in [1.807, 2.05) is 4.90 Å². The molecular weight excluding hydrogens is 202 g/mol. The van der Waals surface area contributed by atoms with Crippen LogP contribution in [0.5, 0.6) is 0 Å². The summed E-state index contributed by atoms with van der Waals surface area (Å²) in [5.74, 6) is 1.19. The molecule has 0 aliphatic carbocycles. The van der Waals surface area contributed by atoms with Crippen LogP contribution in [0.3, 0.4) is 0 Å². The number of hydrogen-bond acceptors (Lipinski definition) is 2. The molecule has 3 heteroatoms. The number of carbonyl (C=O) groups is 1. The van der Waals surface area contributed by atoms with Gasteiger partial charge in [-0.05, 0) is 37.5 Å². The van der Waals surface area contributed by atoms with Crippen LogP contribution in [0.2, 0.25) is 0 Å². The van der Waals surface area contributed by atoms with Crippen LogP contribution in [0.4, 0.5) is 4.79 Å². The van der Waals surface area contributed by atoms with E-state index in [1.165, 1.54) is 12.8 Å². The van der Waals surface area contributed by atoms with Crippen molar-refractivity contribution in [2.45, 2.75) is 58.5 Å². The Bertz CT molecular complexity index is 251. The lowest BCUT2D eigenvalue weighted by Crippen LogP contribution is -2.46. The van der Waals surface area contributed by atoms with E-state index in [1.54, 1.807) is 0 Å². The lowest BCUT2D eigenvalue weighted by Gasteiger charge is -2.37. The molecule has 92 valence electrons. The Morgan fingerprint density at radius 2 is 1.88 bits per heavy atom. The quantitative estimate of drug-likeness (QED) is 0.723. The third-order valence-electron chi connectivity index (χ3n) is 3.72. The molecule has 0 saturated carbocycles. The third kappa shape index (κ3) is 2.33. The van der Waals surface area contributed by atoms with E-state index >= 15 is 0 Å². The normalized spacial score (nSPS) is 33.2. The largest absolute Gasteiger partial charge is 0.449 e. The van der Waals surface area contributed by atoms with E-state index in [0.717, 1.165) is 18.8 Å². The average molecular weight is 225 g/mol. The molecule has 2 unspecified atom stereocenters. The molecule has 2 atom stereocenters. The number of hydrogen-bond donors (Lipinski definition) is 0. The first-order valence-electron chi connectivity index (χ1n) is 6.53. The highest BCUT2D eigenvalue weighted by atomic mass is 16.6. The van der Waals surface area contributed by atoms with Crippen molar-refractivity contribution in [2.75, 3.05) is 6.61 Å². The first-order chi connectivity index (χ1) is 7.58. The van der Waals surface area contributed by atoms with Gasteiger partial charge in [-0.15, -0.1) is 0 Å². The minimum atomic E-state index is -0.0758. The first-order valence-corrected chi connectivity index (χ1v) is 6.53. The SMILES string of the molecule is CC(C)COC(=O)N1C2CCC1CC(C)C2. The Balaban J connectivity index is 1.92. The molecule has 2 saturated heterocycles. The summed E-state index contributed by atoms with van der Waals surface area (Å²) in [5, 5.41) is 0. The van der Waals surface area contributed by atoms with Crippen molar-refractivity contribution in [3.05, 3.63) is 0 Å².